The molecule has 106 valence electrons. The van der Waals surface area contributed by atoms with Crippen LogP contribution in [0.5, 0.6) is 0 Å². The van der Waals surface area contributed by atoms with Crippen molar-refractivity contribution in [1.82, 2.24) is 10.3 Å². The molecule has 20 heavy (non-hydrogen) atoms. The number of oxazole rings is 1. The van der Waals surface area contributed by atoms with Gasteiger partial charge in [0.1, 0.15) is 5.76 Å². The molecule has 0 radical (unpaired) electrons. The molecule has 3 rings (SSSR count). The number of hydrogen-bond donors (Lipinski definition) is 1. The lowest BCUT2D eigenvalue weighted by atomic mass is 10.1. The molecule has 2 aromatic rings. The van der Waals surface area contributed by atoms with Crippen molar-refractivity contribution in [2.45, 2.75) is 45.1 Å². The maximum atomic E-state index is 5.78. The van der Waals surface area contributed by atoms with E-state index in [4.69, 9.17) is 4.42 Å². The summed E-state index contributed by atoms with van der Waals surface area (Å²) in [6.45, 7) is 3.09. The van der Waals surface area contributed by atoms with Crippen LogP contribution >= 0.6 is 0 Å². The zero-order valence-electron chi connectivity index (χ0n) is 12.1. The van der Waals surface area contributed by atoms with E-state index in [0.29, 0.717) is 0 Å². The first kappa shape index (κ1) is 13.4. The predicted octanol–water partition coefficient (Wildman–Crippen LogP) is 3.06. The van der Waals surface area contributed by atoms with Gasteiger partial charge in [0.25, 0.3) is 0 Å². The average molecular weight is 270 g/mol. The Morgan fingerprint density at radius 1 is 1.15 bits per heavy atom. The molecule has 0 unspecified atom stereocenters. The predicted molar refractivity (Wildman–Crippen MR) is 79.8 cm³/mol. The highest BCUT2D eigenvalue weighted by molar-refractivity contribution is 5.21. The number of nitrogens with zero attached hydrogens (tertiary/aromatic N) is 1. The summed E-state index contributed by atoms with van der Waals surface area (Å²) in [6.07, 6.45) is 7.35. The van der Waals surface area contributed by atoms with Gasteiger partial charge in [-0.3, -0.25) is 0 Å². The van der Waals surface area contributed by atoms with Crippen molar-refractivity contribution in [2.24, 2.45) is 0 Å². The van der Waals surface area contributed by atoms with Gasteiger partial charge in [-0.05, 0) is 31.7 Å². The van der Waals surface area contributed by atoms with Crippen LogP contribution < -0.4 is 5.32 Å². The number of hydrogen-bond acceptors (Lipinski definition) is 3. The van der Waals surface area contributed by atoms with Crippen molar-refractivity contribution >= 4 is 0 Å². The van der Waals surface area contributed by atoms with Gasteiger partial charge in [0.15, 0.2) is 5.89 Å². The highest BCUT2D eigenvalue weighted by Crippen LogP contribution is 2.18. The molecule has 3 nitrogen and oxygen atoms in total. The standard InChI is InChI=1S/C17H22N2O/c1-13-2-4-14(5-3-13)6-9-16-12-19-17(20-16)10-11-18-15-7-8-15/h2-5,12,15,18H,6-11H2,1H3. The first-order chi connectivity index (χ1) is 9.79. The van der Waals surface area contributed by atoms with E-state index in [-0.39, 0.29) is 0 Å². The van der Waals surface area contributed by atoms with Crippen molar-refractivity contribution < 1.29 is 4.42 Å². The SMILES string of the molecule is Cc1ccc(CCc2cnc(CCNC3CC3)o2)cc1. The zero-order valence-corrected chi connectivity index (χ0v) is 12.1. The van der Waals surface area contributed by atoms with E-state index in [9.17, 15) is 0 Å². The van der Waals surface area contributed by atoms with Gasteiger partial charge in [-0.15, -0.1) is 0 Å². The van der Waals surface area contributed by atoms with E-state index in [1.54, 1.807) is 0 Å². The minimum absolute atomic E-state index is 0.756. The summed E-state index contributed by atoms with van der Waals surface area (Å²) in [5, 5.41) is 3.48. The van der Waals surface area contributed by atoms with Gasteiger partial charge in [-0.2, -0.15) is 0 Å². The second-order valence-electron chi connectivity index (χ2n) is 5.68. The molecule has 1 aliphatic rings. The fraction of sp³-hybridized carbons (Fsp3) is 0.471. The number of aromatic nitrogens is 1. The number of rotatable bonds is 7. The Morgan fingerprint density at radius 2 is 1.95 bits per heavy atom. The molecule has 1 fully saturated rings. The van der Waals surface area contributed by atoms with Crippen LogP contribution in [0.1, 0.15) is 35.6 Å². The lowest BCUT2D eigenvalue weighted by molar-refractivity contribution is 0.447. The van der Waals surface area contributed by atoms with Crippen LogP contribution in [-0.2, 0) is 19.3 Å². The highest BCUT2D eigenvalue weighted by atomic mass is 16.4. The van der Waals surface area contributed by atoms with Crippen molar-refractivity contribution in [3.8, 4) is 0 Å². The molecule has 0 amide bonds. The Morgan fingerprint density at radius 3 is 2.70 bits per heavy atom. The van der Waals surface area contributed by atoms with E-state index in [1.165, 1.54) is 24.0 Å². The molecule has 1 aliphatic carbocycles. The smallest absolute Gasteiger partial charge is 0.195 e. The van der Waals surface area contributed by atoms with E-state index < -0.39 is 0 Å². The number of nitrogens with one attached hydrogen (secondary N) is 1. The molecule has 0 bridgehead atoms. The summed E-state index contributed by atoms with van der Waals surface area (Å²) in [6, 6.07) is 9.44. The van der Waals surface area contributed by atoms with Crippen LogP contribution in [0.3, 0.4) is 0 Å². The Balaban J connectivity index is 1.45. The first-order valence-corrected chi connectivity index (χ1v) is 7.52. The fourth-order valence-electron chi connectivity index (χ4n) is 2.27. The monoisotopic (exact) mass is 270 g/mol. The van der Waals surface area contributed by atoms with Gasteiger partial charge in [-0.25, -0.2) is 4.98 Å². The van der Waals surface area contributed by atoms with Crippen LogP contribution in [0.2, 0.25) is 0 Å². The molecule has 0 spiro atoms. The van der Waals surface area contributed by atoms with Gasteiger partial charge < -0.3 is 9.73 Å². The molecule has 3 heteroatoms. The van der Waals surface area contributed by atoms with Crippen molar-refractivity contribution in [1.29, 1.82) is 0 Å². The first-order valence-electron chi connectivity index (χ1n) is 7.52. The summed E-state index contributed by atoms with van der Waals surface area (Å²) in [5.74, 6) is 1.85. The second-order valence-corrected chi connectivity index (χ2v) is 5.68. The molecule has 1 N–H and O–H groups in total. The Labute approximate surface area is 120 Å². The maximum Gasteiger partial charge on any atom is 0.195 e. The molecule has 1 aromatic heterocycles. The summed E-state index contributed by atoms with van der Waals surface area (Å²) in [4.78, 5) is 4.35. The van der Waals surface area contributed by atoms with Gasteiger partial charge in [-0.1, -0.05) is 29.8 Å². The molecule has 1 heterocycles. The topological polar surface area (TPSA) is 38.1 Å². The summed E-state index contributed by atoms with van der Waals surface area (Å²) in [5.41, 5.74) is 2.66. The molecule has 0 saturated heterocycles. The van der Waals surface area contributed by atoms with E-state index >= 15 is 0 Å². The zero-order chi connectivity index (χ0) is 13.8. The maximum absolute atomic E-state index is 5.78. The largest absolute Gasteiger partial charge is 0.446 e. The Kier molecular flexibility index (Phi) is 4.16. The second kappa shape index (κ2) is 6.23. The normalized spacial score (nSPS) is 14.7. The van der Waals surface area contributed by atoms with E-state index in [1.807, 2.05) is 6.20 Å². The highest BCUT2D eigenvalue weighted by Gasteiger charge is 2.19. The fourth-order valence-corrected chi connectivity index (χ4v) is 2.27. The van der Waals surface area contributed by atoms with Gasteiger partial charge in [0.05, 0.1) is 6.20 Å². The minimum Gasteiger partial charge on any atom is -0.446 e. The molecular weight excluding hydrogens is 248 g/mol. The van der Waals surface area contributed by atoms with Crippen LogP contribution in [0.25, 0.3) is 0 Å². The molecular formula is C17H22N2O. The van der Waals surface area contributed by atoms with Crippen molar-refractivity contribution in [2.75, 3.05) is 6.54 Å². The van der Waals surface area contributed by atoms with Gasteiger partial charge in [0.2, 0.25) is 0 Å². The van der Waals surface area contributed by atoms with Crippen LogP contribution in [0.4, 0.5) is 0 Å². The van der Waals surface area contributed by atoms with Crippen molar-refractivity contribution in [3.63, 3.8) is 0 Å². The molecule has 1 aromatic carbocycles. The molecule has 1 saturated carbocycles. The quantitative estimate of drug-likeness (QED) is 0.840. The number of aryl methyl sites for hydroxylation is 3. The molecule has 0 aliphatic heterocycles. The van der Waals surface area contributed by atoms with Gasteiger partial charge in [0, 0.05) is 25.4 Å². The Hall–Kier alpha value is -1.61. The lowest BCUT2D eigenvalue weighted by Gasteiger charge is -2.00. The summed E-state index contributed by atoms with van der Waals surface area (Å²) >= 11 is 0. The lowest BCUT2D eigenvalue weighted by Crippen LogP contribution is -2.19. The third kappa shape index (κ3) is 3.94. The summed E-state index contributed by atoms with van der Waals surface area (Å²) < 4.78 is 5.78. The third-order valence-corrected chi connectivity index (χ3v) is 3.73. The van der Waals surface area contributed by atoms with Gasteiger partial charge >= 0.3 is 0 Å². The minimum atomic E-state index is 0.756. The van der Waals surface area contributed by atoms with Crippen LogP contribution in [0.15, 0.2) is 34.9 Å². The third-order valence-electron chi connectivity index (χ3n) is 3.73. The van der Waals surface area contributed by atoms with E-state index in [0.717, 1.165) is 43.5 Å². The molecule has 0 atom stereocenters. The Bertz CT molecular complexity index is 540. The summed E-state index contributed by atoms with van der Waals surface area (Å²) in [7, 11) is 0. The average Bonchev–Trinajstić information content (AvgIpc) is 3.16. The van der Waals surface area contributed by atoms with Crippen LogP contribution in [0, 0.1) is 6.92 Å². The van der Waals surface area contributed by atoms with Crippen molar-refractivity contribution in [3.05, 3.63) is 53.2 Å². The number of benzene rings is 1. The van der Waals surface area contributed by atoms with E-state index in [2.05, 4.69) is 41.5 Å². The van der Waals surface area contributed by atoms with Crippen LogP contribution in [-0.4, -0.2) is 17.6 Å².